The number of hydrogen-bond donors (Lipinski definition) is 0. The Morgan fingerprint density at radius 2 is 1.69 bits per heavy atom. The van der Waals surface area contributed by atoms with Crippen molar-refractivity contribution < 1.29 is 0 Å². The molecule has 0 aliphatic rings. The first-order valence-electron chi connectivity index (χ1n) is 5.70. The van der Waals surface area contributed by atoms with Gasteiger partial charge in [-0.3, -0.25) is 0 Å². The highest BCUT2D eigenvalue weighted by molar-refractivity contribution is 5.37. The molecule has 0 amide bonds. The van der Waals surface area contributed by atoms with Crippen LogP contribution in [-0.4, -0.2) is 9.55 Å². The summed E-state index contributed by atoms with van der Waals surface area (Å²) in [7, 11) is 0. The predicted octanol–water partition coefficient (Wildman–Crippen LogP) is 3.61. The molecule has 2 nitrogen and oxygen atoms in total. The third-order valence-electron chi connectivity index (χ3n) is 3.09. The summed E-state index contributed by atoms with van der Waals surface area (Å²) in [6, 6.07) is 8.69. The maximum atomic E-state index is 4.31. The van der Waals surface area contributed by atoms with Crippen LogP contribution in [-0.2, 0) is 0 Å². The van der Waals surface area contributed by atoms with Gasteiger partial charge in [0.2, 0.25) is 0 Å². The van der Waals surface area contributed by atoms with Crippen molar-refractivity contribution in [3.05, 3.63) is 47.5 Å². The first kappa shape index (κ1) is 10.9. The normalized spacial score (nSPS) is 11.1. The molecular formula is C14H18N2. The van der Waals surface area contributed by atoms with Gasteiger partial charge in [0.25, 0.3) is 0 Å². The van der Waals surface area contributed by atoms with Crippen molar-refractivity contribution in [3.63, 3.8) is 0 Å². The lowest BCUT2D eigenvalue weighted by Gasteiger charge is -2.08. The third kappa shape index (κ3) is 1.87. The Morgan fingerprint density at radius 1 is 1.06 bits per heavy atom. The fourth-order valence-corrected chi connectivity index (χ4v) is 1.78. The molecule has 1 aromatic carbocycles. The van der Waals surface area contributed by atoms with E-state index >= 15 is 0 Å². The molecule has 0 spiro atoms. The molecular weight excluding hydrogens is 196 g/mol. The second-order valence-electron chi connectivity index (χ2n) is 4.53. The van der Waals surface area contributed by atoms with E-state index < -0.39 is 0 Å². The number of rotatable bonds is 2. The van der Waals surface area contributed by atoms with Gasteiger partial charge in [0.05, 0.1) is 12.0 Å². The molecule has 0 atom stereocenters. The fraction of sp³-hybridized carbons (Fsp3) is 0.357. The highest BCUT2D eigenvalue weighted by Crippen LogP contribution is 2.18. The van der Waals surface area contributed by atoms with Gasteiger partial charge in [-0.25, -0.2) is 4.98 Å². The van der Waals surface area contributed by atoms with Gasteiger partial charge in [0.15, 0.2) is 0 Å². The largest absolute Gasteiger partial charge is 0.303 e. The van der Waals surface area contributed by atoms with Crippen molar-refractivity contribution in [2.75, 3.05) is 0 Å². The lowest BCUT2D eigenvalue weighted by molar-refractivity contribution is 0.864. The molecule has 0 aliphatic heterocycles. The molecule has 2 heteroatoms. The van der Waals surface area contributed by atoms with Crippen molar-refractivity contribution in [3.8, 4) is 5.69 Å². The minimum atomic E-state index is 0.583. The molecule has 16 heavy (non-hydrogen) atoms. The summed E-state index contributed by atoms with van der Waals surface area (Å²) in [6.07, 6.45) is 1.88. The van der Waals surface area contributed by atoms with Crippen molar-refractivity contribution in [1.82, 2.24) is 9.55 Å². The number of benzene rings is 1. The summed E-state index contributed by atoms with van der Waals surface area (Å²) in [5.74, 6) is 0.583. The van der Waals surface area contributed by atoms with Gasteiger partial charge in [-0.15, -0.1) is 0 Å². The molecule has 1 aromatic heterocycles. The molecule has 0 radical (unpaired) electrons. The van der Waals surface area contributed by atoms with Crippen LogP contribution in [0, 0.1) is 13.8 Å². The second-order valence-corrected chi connectivity index (χ2v) is 4.53. The maximum Gasteiger partial charge on any atom is 0.0997 e. The van der Waals surface area contributed by atoms with Crippen LogP contribution < -0.4 is 0 Å². The van der Waals surface area contributed by atoms with Crippen molar-refractivity contribution in [2.45, 2.75) is 33.6 Å². The lowest BCUT2D eigenvalue weighted by Crippen LogP contribution is -1.96. The molecule has 0 N–H and O–H groups in total. The van der Waals surface area contributed by atoms with Gasteiger partial charge < -0.3 is 4.57 Å². The van der Waals surface area contributed by atoms with E-state index in [0.717, 1.165) is 5.69 Å². The zero-order chi connectivity index (χ0) is 11.7. The van der Waals surface area contributed by atoms with E-state index in [1.54, 1.807) is 0 Å². The first-order valence-corrected chi connectivity index (χ1v) is 5.70. The molecule has 0 unspecified atom stereocenters. The van der Waals surface area contributed by atoms with Crippen molar-refractivity contribution >= 4 is 0 Å². The van der Waals surface area contributed by atoms with Crippen LogP contribution in [0.2, 0.25) is 0 Å². The summed E-state index contributed by atoms with van der Waals surface area (Å²) in [5.41, 5.74) is 4.85. The SMILES string of the molecule is Cc1ncn(-c2ccc(C(C)C)cc2)c1C. The highest BCUT2D eigenvalue weighted by Gasteiger charge is 2.04. The van der Waals surface area contributed by atoms with Crippen molar-refractivity contribution in [1.29, 1.82) is 0 Å². The summed E-state index contributed by atoms with van der Waals surface area (Å²) < 4.78 is 2.12. The Balaban J connectivity index is 2.38. The van der Waals surface area contributed by atoms with Crippen LogP contribution in [0.1, 0.15) is 36.7 Å². The van der Waals surface area contributed by atoms with E-state index in [9.17, 15) is 0 Å². The summed E-state index contributed by atoms with van der Waals surface area (Å²) in [4.78, 5) is 4.31. The third-order valence-corrected chi connectivity index (χ3v) is 3.09. The Hall–Kier alpha value is -1.57. The minimum Gasteiger partial charge on any atom is -0.303 e. The highest BCUT2D eigenvalue weighted by atomic mass is 15.1. The number of aromatic nitrogens is 2. The first-order chi connectivity index (χ1) is 7.59. The lowest BCUT2D eigenvalue weighted by atomic mass is 10.0. The number of aryl methyl sites for hydroxylation is 1. The van der Waals surface area contributed by atoms with Gasteiger partial charge in [0.1, 0.15) is 0 Å². The average Bonchev–Trinajstić information content (AvgIpc) is 2.60. The summed E-state index contributed by atoms with van der Waals surface area (Å²) in [6.45, 7) is 8.55. The molecule has 0 bridgehead atoms. The Labute approximate surface area is 97.0 Å². The van der Waals surface area contributed by atoms with Crippen LogP contribution in [0.4, 0.5) is 0 Å². The van der Waals surface area contributed by atoms with E-state index in [1.165, 1.54) is 16.9 Å². The van der Waals surface area contributed by atoms with Gasteiger partial charge >= 0.3 is 0 Å². The van der Waals surface area contributed by atoms with Crippen LogP contribution in [0.25, 0.3) is 5.69 Å². The Morgan fingerprint density at radius 3 is 2.12 bits per heavy atom. The molecule has 0 saturated heterocycles. The summed E-state index contributed by atoms with van der Waals surface area (Å²) in [5, 5.41) is 0. The predicted molar refractivity (Wildman–Crippen MR) is 67.1 cm³/mol. The van der Waals surface area contributed by atoms with Crippen LogP contribution >= 0.6 is 0 Å². The quantitative estimate of drug-likeness (QED) is 0.746. The smallest absolute Gasteiger partial charge is 0.0997 e. The summed E-state index contributed by atoms with van der Waals surface area (Å²) >= 11 is 0. The topological polar surface area (TPSA) is 17.8 Å². The van der Waals surface area contributed by atoms with E-state index in [-0.39, 0.29) is 0 Å². The Bertz CT molecular complexity index is 478. The molecule has 0 aliphatic carbocycles. The average molecular weight is 214 g/mol. The number of hydrogen-bond acceptors (Lipinski definition) is 1. The van der Waals surface area contributed by atoms with Crippen LogP contribution in [0.3, 0.4) is 0 Å². The standard InChI is InChI=1S/C14H18N2/c1-10(2)13-5-7-14(8-6-13)16-9-15-11(3)12(16)4/h5-10H,1-4H3. The number of imidazole rings is 1. The van der Waals surface area contributed by atoms with Gasteiger partial charge in [-0.05, 0) is 37.5 Å². The number of nitrogens with zero attached hydrogens (tertiary/aromatic N) is 2. The van der Waals surface area contributed by atoms with Gasteiger partial charge in [-0.1, -0.05) is 26.0 Å². The monoisotopic (exact) mass is 214 g/mol. The van der Waals surface area contributed by atoms with Gasteiger partial charge in [-0.2, -0.15) is 0 Å². The molecule has 2 rings (SSSR count). The molecule has 2 aromatic rings. The fourth-order valence-electron chi connectivity index (χ4n) is 1.78. The van der Waals surface area contributed by atoms with E-state index in [1.807, 2.05) is 13.3 Å². The minimum absolute atomic E-state index is 0.583. The molecule has 1 heterocycles. The zero-order valence-corrected chi connectivity index (χ0v) is 10.4. The van der Waals surface area contributed by atoms with E-state index in [2.05, 4.69) is 54.6 Å². The van der Waals surface area contributed by atoms with E-state index in [4.69, 9.17) is 0 Å². The molecule has 0 saturated carbocycles. The molecule has 84 valence electrons. The van der Waals surface area contributed by atoms with Crippen molar-refractivity contribution in [2.24, 2.45) is 0 Å². The zero-order valence-electron chi connectivity index (χ0n) is 10.4. The van der Waals surface area contributed by atoms with Gasteiger partial charge in [0, 0.05) is 11.4 Å². The Kier molecular flexibility index (Phi) is 2.82. The van der Waals surface area contributed by atoms with E-state index in [0.29, 0.717) is 5.92 Å². The maximum absolute atomic E-state index is 4.31. The second kappa shape index (κ2) is 4.12. The van der Waals surface area contributed by atoms with Crippen LogP contribution in [0.5, 0.6) is 0 Å². The molecule has 0 fully saturated rings. The van der Waals surface area contributed by atoms with Crippen LogP contribution in [0.15, 0.2) is 30.6 Å².